The van der Waals surface area contributed by atoms with Crippen molar-refractivity contribution in [3.63, 3.8) is 0 Å². The summed E-state index contributed by atoms with van der Waals surface area (Å²) in [6.07, 6.45) is 0.872. The minimum absolute atomic E-state index is 0.0797. The van der Waals surface area contributed by atoms with Gasteiger partial charge in [0.15, 0.2) is 0 Å². The van der Waals surface area contributed by atoms with Gasteiger partial charge in [-0.05, 0) is 38.6 Å². The minimum Gasteiger partial charge on any atom is -0.495 e. The van der Waals surface area contributed by atoms with Crippen LogP contribution in [0.1, 0.15) is 20.3 Å². The number of benzene rings is 1. The smallest absolute Gasteiger partial charge is 0.238 e. The van der Waals surface area contributed by atoms with E-state index in [1.165, 1.54) is 7.11 Å². The molecular weight excluding hydrogens is 318 g/mol. The topological polar surface area (TPSA) is 70.7 Å². The van der Waals surface area contributed by atoms with E-state index in [-0.39, 0.29) is 18.4 Å². The number of nitrogens with zero attached hydrogens (tertiary/aromatic N) is 1. The summed E-state index contributed by atoms with van der Waals surface area (Å²) in [4.78, 5) is 25.7. The average Bonchev–Trinajstić information content (AvgIpc) is 2.51. The first-order valence-corrected chi connectivity index (χ1v) is 7.88. The van der Waals surface area contributed by atoms with Gasteiger partial charge in [-0.15, -0.1) is 0 Å². The lowest BCUT2D eigenvalue weighted by Gasteiger charge is -2.23. The van der Waals surface area contributed by atoms with E-state index in [1.807, 2.05) is 6.92 Å². The molecule has 0 aliphatic rings. The highest BCUT2D eigenvalue weighted by Crippen LogP contribution is 2.27. The number of carbonyl (C=O) groups is 2. The Labute approximate surface area is 142 Å². The van der Waals surface area contributed by atoms with E-state index in [0.29, 0.717) is 23.0 Å². The number of nitrogens with one attached hydrogen (secondary N) is 2. The highest BCUT2D eigenvalue weighted by Gasteiger charge is 2.20. The van der Waals surface area contributed by atoms with Crippen LogP contribution in [0.3, 0.4) is 0 Å². The number of carbonyl (C=O) groups excluding carboxylic acids is 2. The maximum atomic E-state index is 12.2. The number of likely N-dealkylation sites (N-methyl/N-ethyl adjacent to an activating group) is 1. The fourth-order valence-corrected chi connectivity index (χ4v) is 2.10. The maximum Gasteiger partial charge on any atom is 0.238 e. The molecule has 1 atom stereocenters. The second-order valence-electron chi connectivity index (χ2n) is 5.27. The Morgan fingerprint density at radius 1 is 1.39 bits per heavy atom. The molecule has 1 aromatic rings. The van der Waals surface area contributed by atoms with Crippen molar-refractivity contribution in [2.75, 3.05) is 32.6 Å². The molecule has 6 nitrogen and oxygen atoms in total. The number of halogens is 1. The van der Waals surface area contributed by atoms with Gasteiger partial charge in [-0.1, -0.05) is 18.5 Å². The van der Waals surface area contributed by atoms with Gasteiger partial charge < -0.3 is 15.4 Å². The van der Waals surface area contributed by atoms with Gasteiger partial charge in [0.2, 0.25) is 11.8 Å². The second kappa shape index (κ2) is 9.37. The Hall–Kier alpha value is -1.79. The fourth-order valence-electron chi connectivity index (χ4n) is 1.93. The number of anilines is 1. The lowest BCUT2D eigenvalue weighted by Crippen LogP contribution is -2.46. The summed E-state index contributed by atoms with van der Waals surface area (Å²) in [5, 5.41) is 6.06. The SMILES string of the molecule is CCCNC(=O)C(C)N(C)CC(=O)Nc1cc(Cl)ccc1OC. The van der Waals surface area contributed by atoms with Crippen LogP contribution < -0.4 is 15.4 Å². The molecule has 0 saturated carbocycles. The van der Waals surface area contributed by atoms with Gasteiger partial charge in [-0.2, -0.15) is 0 Å². The van der Waals surface area contributed by atoms with Crippen LogP contribution in [0.15, 0.2) is 18.2 Å². The number of hydrogen-bond acceptors (Lipinski definition) is 4. The molecule has 0 heterocycles. The molecule has 0 bridgehead atoms. The van der Waals surface area contributed by atoms with Gasteiger partial charge in [0, 0.05) is 11.6 Å². The highest BCUT2D eigenvalue weighted by molar-refractivity contribution is 6.31. The molecule has 0 radical (unpaired) electrons. The first kappa shape index (κ1) is 19.3. The van der Waals surface area contributed by atoms with E-state index in [1.54, 1.807) is 37.1 Å². The number of amides is 2. The molecule has 23 heavy (non-hydrogen) atoms. The van der Waals surface area contributed by atoms with Crippen LogP contribution in [0.5, 0.6) is 5.75 Å². The zero-order valence-corrected chi connectivity index (χ0v) is 14.7. The summed E-state index contributed by atoms with van der Waals surface area (Å²) in [6.45, 7) is 4.46. The third-order valence-electron chi connectivity index (χ3n) is 3.42. The van der Waals surface area contributed by atoms with Gasteiger partial charge in [0.25, 0.3) is 0 Å². The van der Waals surface area contributed by atoms with Crippen LogP contribution >= 0.6 is 11.6 Å². The van der Waals surface area contributed by atoms with Crippen molar-refractivity contribution in [2.24, 2.45) is 0 Å². The molecule has 0 aromatic heterocycles. The van der Waals surface area contributed by atoms with Crippen molar-refractivity contribution in [3.8, 4) is 5.75 Å². The van der Waals surface area contributed by atoms with Crippen LogP contribution in [0.2, 0.25) is 5.02 Å². The van der Waals surface area contributed by atoms with Crippen molar-refractivity contribution >= 4 is 29.1 Å². The van der Waals surface area contributed by atoms with Gasteiger partial charge in [-0.25, -0.2) is 0 Å². The predicted octanol–water partition coefficient (Wildman–Crippen LogP) is 2.13. The van der Waals surface area contributed by atoms with Gasteiger partial charge in [0.05, 0.1) is 25.4 Å². The van der Waals surface area contributed by atoms with E-state index in [0.717, 1.165) is 6.42 Å². The lowest BCUT2D eigenvalue weighted by atomic mass is 10.2. The second-order valence-corrected chi connectivity index (χ2v) is 5.71. The standard InChI is InChI=1S/C16H24ClN3O3/c1-5-8-18-16(22)11(2)20(3)10-15(21)19-13-9-12(17)6-7-14(13)23-4/h6-7,9,11H,5,8,10H2,1-4H3,(H,18,22)(H,19,21). The van der Waals surface area contributed by atoms with E-state index in [2.05, 4.69) is 10.6 Å². The zero-order chi connectivity index (χ0) is 17.4. The molecule has 128 valence electrons. The van der Waals surface area contributed by atoms with Crippen LogP contribution in [0.4, 0.5) is 5.69 Å². The Kier molecular flexibility index (Phi) is 7.85. The molecule has 1 aromatic carbocycles. The highest BCUT2D eigenvalue weighted by atomic mass is 35.5. The molecule has 0 fully saturated rings. The monoisotopic (exact) mass is 341 g/mol. The predicted molar refractivity (Wildman–Crippen MR) is 92.0 cm³/mol. The number of hydrogen-bond donors (Lipinski definition) is 2. The molecule has 2 N–H and O–H groups in total. The molecule has 0 aliphatic carbocycles. The molecular formula is C16H24ClN3O3. The summed E-state index contributed by atoms with van der Waals surface area (Å²) < 4.78 is 5.19. The van der Waals surface area contributed by atoms with Crippen LogP contribution in [-0.4, -0.2) is 50.0 Å². The molecule has 7 heteroatoms. The fraction of sp³-hybridized carbons (Fsp3) is 0.500. The summed E-state index contributed by atoms with van der Waals surface area (Å²) in [7, 11) is 3.25. The molecule has 1 rings (SSSR count). The van der Waals surface area contributed by atoms with Gasteiger partial charge >= 0.3 is 0 Å². The summed E-state index contributed by atoms with van der Waals surface area (Å²) >= 11 is 5.93. The van der Waals surface area contributed by atoms with Crippen molar-refractivity contribution in [3.05, 3.63) is 23.2 Å². The summed E-state index contributed by atoms with van der Waals surface area (Å²) in [6, 6.07) is 4.59. The van der Waals surface area contributed by atoms with Crippen LogP contribution in [0.25, 0.3) is 0 Å². The number of rotatable bonds is 8. The van der Waals surface area contributed by atoms with E-state index in [4.69, 9.17) is 16.3 Å². The Balaban J connectivity index is 2.62. The lowest BCUT2D eigenvalue weighted by molar-refractivity contribution is -0.126. The molecule has 0 saturated heterocycles. The van der Waals surface area contributed by atoms with Crippen LogP contribution in [0, 0.1) is 0 Å². The van der Waals surface area contributed by atoms with E-state index < -0.39 is 6.04 Å². The van der Waals surface area contributed by atoms with Gasteiger partial charge in [0.1, 0.15) is 5.75 Å². The Morgan fingerprint density at radius 3 is 2.70 bits per heavy atom. The summed E-state index contributed by atoms with van der Waals surface area (Å²) in [5.41, 5.74) is 0.501. The molecule has 0 spiro atoms. The van der Waals surface area contributed by atoms with Crippen LogP contribution in [-0.2, 0) is 9.59 Å². The molecule has 0 aliphatic heterocycles. The third kappa shape index (κ3) is 6.08. The minimum atomic E-state index is -0.395. The van der Waals surface area contributed by atoms with E-state index in [9.17, 15) is 9.59 Å². The molecule has 1 unspecified atom stereocenters. The van der Waals surface area contributed by atoms with Crippen molar-refractivity contribution in [1.82, 2.24) is 10.2 Å². The van der Waals surface area contributed by atoms with Crippen molar-refractivity contribution in [2.45, 2.75) is 26.3 Å². The maximum absolute atomic E-state index is 12.2. The largest absolute Gasteiger partial charge is 0.495 e. The molecule has 2 amide bonds. The zero-order valence-electron chi connectivity index (χ0n) is 14.0. The van der Waals surface area contributed by atoms with Crippen molar-refractivity contribution in [1.29, 1.82) is 0 Å². The number of ether oxygens (including phenoxy) is 1. The number of methoxy groups -OCH3 is 1. The Morgan fingerprint density at radius 2 is 2.09 bits per heavy atom. The average molecular weight is 342 g/mol. The first-order valence-electron chi connectivity index (χ1n) is 7.50. The van der Waals surface area contributed by atoms with Gasteiger partial charge in [-0.3, -0.25) is 14.5 Å². The summed E-state index contributed by atoms with van der Waals surface area (Å²) in [5.74, 6) is 0.185. The normalized spacial score (nSPS) is 11.9. The first-order chi connectivity index (χ1) is 10.9. The quantitative estimate of drug-likeness (QED) is 0.760. The Bertz CT molecular complexity index is 551. The third-order valence-corrected chi connectivity index (χ3v) is 3.65. The van der Waals surface area contributed by atoms with Crippen molar-refractivity contribution < 1.29 is 14.3 Å². The van der Waals surface area contributed by atoms with E-state index >= 15 is 0 Å².